The summed E-state index contributed by atoms with van der Waals surface area (Å²) in [4.78, 5) is 17.4. The predicted molar refractivity (Wildman–Crippen MR) is 131 cm³/mol. The average molecular weight is 484 g/mol. The van der Waals surface area contributed by atoms with Crippen molar-refractivity contribution in [1.82, 2.24) is 4.98 Å². The highest BCUT2D eigenvalue weighted by atomic mass is 32.1. The van der Waals surface area contributed by atoms with Gasteiger partial charge in [0.1, 0.15) is 0 Å². The number of alkyl halides is 3. The zero-order chi connectivity index (χ0) is 24.2. The van der Waals surface area contributed by atoms with Crippen molar-refractivity contribution in [2.75, 3.05) is 17.2 Å². The van der Waals surface area contributed by atoms with Gasteiger partial charge in [0.05, 0.1) is 16.6 Å². The summed E-state index contributed by atoms with van der Waals surface area (Å²) >= 11 is 1.56. The van der Waals surface area contributed by atoms with Crippen molar-refractivity contribution < 1.29 is 18.0 Å². The van der Waals surface area contributed by atoms with Crippen LogP contribution in [0.1, 0.15) is 24.6 Å². The van der Waals surface area contributed by atoms with Crippen LogP contribution in [0.3, 0.4) is 0 Å². The Hall–Kier alpha value is -3.39. The molecule has 0 saturated carbocycles. The van der Waals surface area contributed by atoms with Crippen LogP contribution in [0.2, 0.25) is 0 Å². The SMILES string of the molecule is CC1(C(F)(F)F)C=CC(c2ccccc2)=C(C(=O)Nc2ccc(NCCc3cscn3)cc2)C1. The molecule has 0 aliphatic heterocycles. The summed E-state index contributed by atoms with van der Waals surface area (Å²) in [6.45, 7) is 1.83. The lowest BCUT2D eigenvalue weighted by Gasteiger charge is -2.33. The van der Waals surface area contributed by atoms with Crippen molar-refractivity contribution in [3.8, 4) is 0 Å². The normalized spacial score (nSPS) is 18.1. The molecule has 1 aliphatic rings. The third kappa shape index (κ3) is 5.39. The Morgan fingerprint density at radius 3 is 2.44 bits per heavy atom. The highest BCUT2D eigenvalue weighted by Gasteiger charge is 2.51. The molecular weight excluding hydrogens is 459 g/mol. The quantitative estimate of drug-likeness (QED) is 0.392. The smallest absolute Gasteiger partial charge is 0.385 e. The van der Waals surface area contributed by atoms with Crippen LogP contribution in [-0.2, 0) is 11.2 Å². The number of amides is 1. The number of carbonyl (C=O) groups is 1. The minimum atomic E-state index is -4.47. The Kier molecular flexibility index (Phi) is 6.88. The molecule has 176 valence electrons. The van der Waals surface area contributed by atoms with Crippen molar-refractivity contribution in [3.05, 3.63) is 94.5 Å². The number of rotatable bonds is 7. The number of thiazole rings is 1. The molecule has 1 amide bonds. The highest BCUT2D eigenvalue weighted by Crippen LogP contribution is 2.48. The molecule has 0 spiro atoms. The molecule has 0 saturated heterocycles. The maximum atomic E-state index is 13.7. The van der Waals surface area contributed by atoms with Gasteiger partial charge < -0.3 is 10.6 Å². The number of allylic oxidation sites excluding steroid dienone is 3. The van der Waals surface area contributed by atoms with Crippen molar-refractivity contribution in [3.63, 3.8) is 0 Å². The first-order valence-electron chi connectivity index (χ1n) is 10.8. The maximum absolute atomic E-state index is 13.7. The standard InChI is InChI=1S/C26H24F3N3OS/c1-25(26(27,28)29)13-11-22(18-5-3-2-4-6-18)23(15-25)24(33)32-20-9-7-19(8-10-20)30-14-12-21-16-34-17-31-21/h2-11,13,16-17,30H,12,14-15H2,1H3,(H,32,33). The molecule has 0 bridgehead atoms. The second kappa shape index (κ2) is 9.85. The number of anilines is 2. The first-order chi connectivity index (χ1) is 16.2. The monoisotopic (exact) mass is 483 g/mol. The van der Waals surface area contributed by atoms with E-state index in [-0.39, 0.29) is 5.57 Å². The lowest BCUT2D eigenvalue weighted by molar-refractivity contribution is -0.199. The number of hydrogen-bond acceptors (Lipinski definition) is 4. The lowest BCUT2D eigenvalue weighted by atomic mass is 9.75. The number of benzene rings is 2. The van der Waals surface area contributed by atoms with Crippen LogP contribution >= 0.6 is 11.3 Å². The molecule has 2 aromatic carbocycles. The summed E-state index contributed by atoms with van der Waals surface area (Å²) in [5, 5.41) is 8.07. The van der Waals surface area contributed by atoms with Gasteiger partial charge in [0.15, 0.2) is 0 Å². The first-order valence-corrected chi connectivity index (χ1v) is 11.8. The number of halogens is 3. The largest absolute Gasteiger partial charge is 0.397 e. The van der Waals surface area contributed by atoms with Crippen LogP contribution in [0.5, 0.6) is 0 Å². The molecule has 4 rings (SSSR count). The summed E-state index contributed by atoms with van der Waals surface area (Å²) in [7, 11) is 0. The minimum Gasteiger partial charge on any atom is -0.385 e. The number of nitrogens with zero attached hydrogens (tertiary/aromatic N) is 1. The molecule has 2 N–H and O–H groups in total. The molecule has 34 heavy (non-hydrogen) atoms. The van der Waals surface area contributed by atoms with Crippen LogP contribution in [0.25, 0.3) is 5.57 Å². The third-order valence-corrected chi connectivity index (χ3v) is 6.47. The van der Waals surface area contributed by atoms with Crippen LogP contribution in [0.4, 0.5) is 24.5 Å². The van der Waals surface area contributed by atoms with Gasteiger partial charge in [0.2, 0.25) is 0 Å². The Morgan fingerprint density at radius 2 is 1.79 bits per heavy atom. The second-order valence-electron chi connectivity index (χ2n) is 8.37. The molecular formula is C26H24F3N3OS. The van der Waals surface area contributed by atoms with E-state index in [1.54, 1.807) is 53.2 Å². The molecule has 1 atom stereocenters. The van der Waals surface area contributed by atoms with Crippen LogP contribution in [0.15, 0.2) is 83.2 Å². The predicted octanol–water partition coefficient (Wildman–Crippen LogP) is 6.72. The number of hydrogen-bond donors (Lipinski definition) is 2. The minimum absolute atomic E-state index is 0.110. The lowest BCUT2D eigenvalue weighted by Crippen LogP contribution is -2.37. The van der Waals surface area contributed by atoms with E-state index in [4.69, 9.17) is 0 Å². The summed E-state index contributed by atoms with van der Waals surface area (Å²) < 4.78 is 41.2. The second-order valence-corrected chi connectivity index (χ2v) is 9.09. The maximum Gasteiger partial charge on any atom is 0.397 e. The van der Waals surface area contributed by atoms with E-state index in [1.807, 2.05) is 23.6 Å². The van der Waals surface area contributed by atoms with Gasteiger partial charge >= 0.3 is 6.18 Å². The summed E-state index contributed by atoms with van der Waals surface area (Å²) in [6, 6.07) is 16.1. The molecule has 3 aromatic rings. The molecule has 8 heteroatoms. The van der Waals surface area contributed by atoms with E-state index in [0.29, 0.717) is 23.4 Å². The Morgan fingerprint density at radius 1 is 1.09 bits per heavy atom. The topological polar surface area (TPSA) is 54.0 Å². The molecule has 1 unspecified atom stereocenters. The number of aromatic nitrogens is 1. The van der Waals surface area contributed by atoms with E-state index in [1.165, 1.54) is 6.08 Å². The van der Waals surface area contributed by atoms with Gasteiger partial charge in [-0.3, -0.25) is 4.79 Å². The number of nitrogens with one attached hydrogen (secondary N) is 2. The fraction of sp³-hybridized carbons (Fsp3) is 0.231. The summed E-state index contributed by atoms with van der Waals surface area (Å²) in [6.07, 6.45) is -1.54. The van der Waals surface area contributed by atoms with Crippen LogP contribution in [0, 0.1) is 5.41 Å². The first kappa shape index (κ1) is 23.8. The van der Waals surface area contributed by atoms with Gasteiger partial charge in [0, 0.05) is 35.3 Å². The van der Waals surface area contributed by atoms with E-state index in [9.17, 15) is 18.0 Å². The molecule has 1 heterocycles. The van der Waals surface area contributed by atoms with E-state index >= 15 is 0 Å². The van der Waals surface area contributed by atoms with E-state index in [0.717, 1.165) is 30.8 Å². The molecule has 0 radical (unpaired) electrons. The van der Waals surface area contributed by atoms with Crippen molar-refractivity contribution in [2.24, 2.45) is 5.41 Å². The van der Waals surface area contributed by atoms with Gasteiger partial charge in [-0.15, -0.1) is 11.3 Å². The Bertz CT molecular complexity index is 1190. The molecule has 1 aliphatic carbocycles. The van der Waals surface area contributed by atoms with Crippen LogP contribution in [-0.4, -0.2) is 23.6 Å². The molecule has 4 nitrogen and oxygen atoms in total. The summed E-state index contributed by atoms with van der Waals surface area (Å²) in [5.74, 6) is -0.539. The fourth-order valence-corrected chi connectivity index (χ4v) is 4.34. The fourth-order valence-electron chi connectivity index (χ4n) is 3.75. The van der Waals surface area contributed by atoms with Crippen LogP contribution < -0.4 is 10.6 Å². The van der Waals surface area contributed by atoms with Gasteiger partial charge in [-0.05, 0) is 48.7 Å². The van der Waals surface area contributed by atoms with Crippen molar-refractivity contribution >= 4 is 34.2 Å². The zero-order valence-corrected chi connectivity index (χ0v) is 19.3. The zero-order valence-electron chi connectivity index (χ0n) is 18.5. The third-order valence-electron chi connectivity index (χ3n) is 5.83. The van der Waals surface area contributed by atoms with E-state index < -0.39 is 23.9 Å². The van der Waals surface area contributed by atoms with Crippen molar-refractivity contribution in [1.29, 1.82) is 0 Å². The van der Waals surface area contributed by atoms with Crippen molar-refractivity contribution in [2.45, 2.75) is 25.9 Å². The van der Waals surface area contributed by atoms with E-state index in [2.05, 4.69) is 15.6 Å². The Labute approximate surface area is 200 Å². The highest BCUT2D eigenvalue weighted by molar-refractivity contribution is 7.07. The van der Waals surface area contributed by atoms with Gasteiger partial charge in [-0.1, -0.05) is 42.5 Å². The van der Waals surface area contributed by atoms with Gasteiger partial charge in [-0.2, -0.15) is 13.2 Å². The molecule has 1 aromatic heterocycles. The Balaban J connectivity index is 1.49. The number of carbonyl (C=O) groups excluding carboxylic acids is 1. The molecule has 0 fully saturated rings. The van der Waals surface area contributed by atoms with Gasteiger partial charge in [0.25, 0.3) is 5.91 Å². The average Bonchev–Trinajstić information content (AvgIpc) is 3.34. The summed E-state index contributed by atoms with van der Waals surface area (Å²) in [5.41, 5.74) is 3.41. The van der Waals surface area contributed by atoms with Gasteiger partial charge in [-0.25, -0.2) is 4.98 Å².